The van der Waals surface area contributed by atoms with Gasteiger partial charge in [0.05, 0.1) is 24.5 Å². The Morgan fingerprint density at radius 3 is 2.28 bits per heavy atom. The van der Waals surface area contributed by atoms with E-state index in [-0.39, 0.29) is 31.1 Å². The minimum absolute atomic E-state index is 0.0226. The number of aliphatic hydroxyl groups is 1. The fourth-order valence-corrected chi connectivity index (χ4v) is 5.98. The summed E-state index contributed by atoms with van der Waals surface area (Å²) in [6.45, 7) is 0.374. The zero-order chi connectivity index (χ0) is 32.1. The van der Waals surface area contributed by atoms with Crippen molar-refractivity contribution in [2.24, 2.45) is 0 Å². The summed E-state index contributed by atoms with van der Waals surface area (Å²) in [6.07, 6.45) is 2.27. The SMILES string of the molecule is O=C(CCCCCC(=O)NCc1ccc([C@H]2O[C@@H](CSc3nnnn3-c3ccccc3)C[C@@H](c3ccc(CO)cc3)O2)cc1)NO. The van der Waals surface area contributed by atoms with E-state index in [1.54, 1.807) is 10.2 Å². The number of unbranched alkanes of at least 4 members (excludes halogenated alkanes) is 2. The van der Waals surface area contributed by atoms with Crippen LogP contribution in [0.15, 0.2) is 84.0 Å². The summed E-state index contributed by atoms with van der Waals surface area (Å²) in [7, 11) is 0. The predicted octanol–water partition coefficient (Wildman–Crippen LogP) is 4.56. The number of ether oxygens (including phenoxy) is 2. The van der Waals surface area contributed by atoms with Crippen LogP contribution < -0.4 is 10.8 Å². The summed E-state index contributed by atoms with van der Waals surface area (Å²) in [5, 5.41) is 33.9. The molecule has 46 heavy (non-hydrogen) atoms. The minimum Gasteiger partial charge on any atom is -0.392 e. The Morgan fingerprint density at radius 2 is 1.57 bits per heavy atom. The molecule has 2 amide bonds. The molecule has 4 aromatic rings. The van der Waals surface area contributed by atoms with Crippen LogP contribution in [0.25, 0.3) is 5.69 Å². The lowest BCUT2D eigenvalue weighted by Gasteiger charge is -2.36. The third-order valence-corrected chi connectivity index (χ3v) is 8.68. The van der Waals surface area contributed by atoms with Crippen LogP contribution in [0.2, 0.25) is 0 Å². The van der Waals surface area contributed by atoms with Crippen molar-refractivity contribution >= 4 is 23.6 Å². The highest BCUT2D eigenvalue weighted by Gasteiger charge is 2.32. The molecule has 4 N–H and O–H groups in total. The van der Waals surface area contributed by atoms with E-state index in [1.165, 1.54) is 11.8 Å². The van der Waals surface area contributed by atoms with Crippen LogP contribution in [0.5, 0.6) is 0 Å². The average Bonchev–Trinajstić information content (AvgIpc) is 3.59. The monoisotopic (exact) mass is 646 g/mol. The summed E-state index contributed by atoms with van der Waals surface area (Å²) in [5.74, 6) is 0.139. The fourth-order valence-electron chi connectivity index (χ4n) is 5.08. The van der Waals surface area contributed by atoms with Crippen molar-refractivity contribution < 1.29 is 29.4 Å². The second-order valence-corrected chi connectivity index (χ2v) is 12.0. The largest absolute Gasteiger partial charge is 0.392 e. The van der Waals surface area contributed by atoms with Gasteiger partial charge in [-0.1, -0.05) is 84.9 Å². The number of nitrogens with one attached hydrogen (secondary N) is 2. The van der Waals surface area contributed by atoms with Gasteiger partial charge in [-0.05, 0) is 52.1 Å². The Kier molecular flexibility index (Phi) is 12.3. The number of carbonyl (C=O) groups is 2. The second-order valence-electron chi connectivity index (χ2n) is 11.0. The molecule has 1 fully saturated rings. The predicted molar refractivity (Wildman–Crippen MR) is 170 cm³/mol. The minimum atomic E-state index is -0.608. The van der Waals surface area contributed by atoms with E-state index in [4.69, 9.17) is 14.7 Å². The molecule has 1 aliphatic heterocycles. The van der Waals surface area contributed by atoms with E-state index in [9.17, 15) is 14.7 Å². The molecule has 1 saturated heterocycles. The molecule has 0 saturated carbocycles. The number of tetrazole rings is 1. The number of carbonyl (C=O) groups excluding carboxylic acids is 2. The van der Waals surface area contributed by atoms with E-state index < -0.39 is 12.2 Å². The van der Waals surface area contributed by atoms with Gasteiger partial charge in [0.25, 0.3) is 0 Å². The number of thioether (sulfide) groups is 1. The smallest absolute Gasteiger partial charge is 0.243 e. The van der Waals surface area contributed by atoms with Crippen molar-refractivity contribution in [3.8, 4) is 5.69 Å². The molecule has 13 heteroatoms. The van der Waals surface area contributed by atoms with Crippen molar-refractivity contribution in [2.75, 3.05) is 5.75 Å². The normalized spacial score (nSPS) is 17.8. The highest BCUT2D eigenvalue weighted by molar-refractivity contribution is 7.99. The number of aliphatic hydroxyl groups excluding tert-OH is 1. The molecule has 0 aliphatic carbocycles. The number of rotatable bonds is 15. The van der Waals surface area contributed by atoms with Crippen molar-refractivity contribution in [1.29, 1.82) is 0 Å². The summed E-state index contributed by atoms with van der Waals surface area (Å²) >= 11 is 1.52. The van der Waals surface area contributed by atoms with Gasteiger partial charge in [0, 0.05) is 37.1 Å². The van der Waals surface area contributed by atoms with Gasteiger partial charge in [-0.2, -0.15) is 4.68 Å². The standard InChI is InChI=1S/C33H38N6O6S/c40-21-24-13-15-25(16-14-24)29-19-28(22-46-33-35-37-38-39(33)27-7-3-1-4-8-27)44-32(45-29)26-17-11-23(12-18-26)20-34-30(41)9-5-2-6-10-31(42)36-43/h1,3-4,7-8,11-18,28-29,32,40,43H,2,5-6,9-10,19-22H2,(H,34,41)(H,36,42)/t28-,29+,32+/m1/s1. The summed E-state index contributed by atoms with van der Waals surface area (Å²) < 4.78 is 14.6. The number of benzene rings is 3. The van der Waals surface area contributed by atoms with Gasteiger partial charge in [-0.25, -0.2) is 5.48 Å². The molecule has 5 rings (SSSR count). The van der Waals surface area contributed by atoms with Crippen molar-refractivity contribution in [1.82, 2.24) is 31.0 Å². The summed E-state index contributed by atoms with van der Waals surface area (Å²) in [4.78, 5) is 23.3. The lowest BCUT2D eigenvalue weighted by molar-refractivity contribution is -0.245. The molecule has 0 radical (unpaired) electrons. The molecule has 3 atom stereocenters. The number of amides is 2. The third kappa shape index (κ3) is 9.44. The second kappa shape index (κ2) is 17.0. The van der Waals surface area contributed by atoms with Gasteiger partial charge >= 0.3 is 0 Å². The first kappa shape index (κ1) is 33.2. The molecule has 0 bridgehead atoms. The summed E-state index contributed by atoms with van der Waals surface area (Å²) in [5.41, 5.74) is 6.14. The molecule has 0 unspecified atom stereocenters. The van der Waals surface area contributed by atoms with E-state index in [2.05, 4.69) is 20.8 Å². The molecule has 12 nitrogen and oxygen atoms in total. The van der Waals surface area contributed by atoms with Crippen LogP contribution in [0, 0.1) is 0 Å². The Hall–Kier alpha value is -4.14. The van der Waals surface area contributed by atoms with E-state index >= 15 is 0 Å². The van der Waals surface area contributed by atoms with Gasteiger partial charge in [0.2, 0.25) is 17.0 Å². The van der Waals surface area contributed by atoms with E-state index in [0.29, 0.717) is 43.1 Å². The molecule has 1 aromatic heterocycles. The number of aromatic nitrogens is 4. The number of hydroxylamine groups is 1. The first-order chi connectivity index (χ1) is 22.5. The molecular formula is C33H38N6O6S. The zero-order valence-electron chi connectivity index (χ0n) is 25.3. The molecule has 242 valence electrons. The lowest BCUT2D eigenvalue weighted by Crippen LogP contribution is -2.31. The zero-order valence-corrected chi connectivity index (χ0v) is 26.1. The van der Waals surface area contributed by atoms with Gasteiger partial charge in [0.1, 0.15) is 0 Å². The Balaban J connectivity index is 1.20. The van der Waals surface area contributed by atoms with Crippen molar-refractivity contribution in [2.45, 2.75) is 75.3 Å². The molecule has 0 spiro atoms. The first-order valence-corrected chi connectivity index (χ1v) is 16.3. The fraction of sp³-hybridized carbons (Fsp3) is 0.364. The quantitative estimate of drug-likeness (QED) is 0.0624. The number of para-hydroxylation sites is 1. The maximum Gasteiger partial charge on any atom is 0.243 e. The topological polar surface area (TPSA) is 161 Å². The molecule has 2 heterocycles. The van der Waals surface area contributed by atoms with Crippen LogP contribution in [0.3, 0.4) is 0 Å². The Morgan fingerprint density at radius 1 is 0.870 bits per heavy atom. The third-order valence-electron chi connectivity index (χ3n) is 7.63. The van der Waals surface area contributed by atoms with Crippen molar-refractivity contribution in [3.63, 3.8) is 0 Å². The number of hydrogen-bond donors (Lipinski definition) is 4. The Labute approximate surface area is 271 Å². The van der Waals surface area contributed by atoms with Crippen LogP contribution in [0.1, 0.15) is 73.2 Å². The van der Waals surface area contributed by atoms with Crippen LogP contribution in [-0.2, 0) is 32.2 Å². The van der Waals surface area contributed by atoms with Crippen LogP contribution >= 0.6 is 11.8 Å². The Bertz CT molecular complexity index is 1540. The highest BCUT2D eigenvalue weighted by Crippen LogP contribution is 2.39. The van der Waals surface area contributed by atoms with Gasteiger partial charge in [-0.15, -0.1) is 5.10 Å². The number of nitrogens with zero attached hydrogens (tertiary/aromatic N) is 4. The van der Waals surface area contributed by atoms with Gasteiger partial charge < -0.3 is 19.9 Å². The molecule has 1 aliphatic rings. The maximum absolute atomic E-state index is 12.3. The molecular weight excluding hydrogens is 608 g/mol. The number of hydrogen-bond acceptors (Lipinski definition) is 10. The highest BCUT2D eigenvalue weighted by atomic mass is 32.2. The van der Waals surface area contributed by atoms with E-state index in [0.717, 1.165) is 34.4 Å². The summed E-state index contributed by atoms with van der Waals surface area (Å²) in [6, 6.07) is 25.3. The van der Waals surface area contributed by atoms with E-state index in [1.807, 2.05) is 78.9 Å². The van der Waals surface area contributed by atoms with Crippen LogP contribution in [0.4, 0.5) is 0 Å². The maximum atomic E-state index is 12.3. The van der Waals surface area contributed by atoms with Gasteiger partial charge in [-0.3, -0.25) is 14.8 Å². The van der Waals surface area contributed by atoms with Gasteiger partial charge in [0.15, 0.2) is 6.29 Å². The average molecular weight is 647 g/mol. The first-order valence-electron chi connectivity index (χ1n) is 15.3. The molecule has 3 aromatic carbocycles. The van der Waals surface area contributed by atoms with Crippen LogP contribution in [-0.4, -0.2) is 54.2 Å². The van der Waals surface area contributed by atoms with Crippen molar-refractivity contribution in [3.05, 3.63) is 101 Å². The lowest BCUT2D eigenvalue weighted by atomic mass is 10.0.